The third-order valence-electron chi connectivity index (χ3n) is 6.29. The second-order valence-corrected chi connectivity index (χ2v) is 8.55. The molecule has 5 rings (SSSR count). The summed E-state index contributed by atoms with van der Waals surface area (Å²) in [6, 6.07) is 14.3. The van der Waals surface area contributed by atoms with Crippen LogP contribution in [0, 0.1) is 18.3 Å². The number of aliphatic hydroxyl groups excluding tert-OH is 1. The number of nitrogens with zero attached hydrogens (tertiary/aromatic N) is 3. The minimum Gasteiger partial charge on any atom is -0.509 e. The summed E-state index contributed by atoms with van der Waals surface area (Å²) < 4.78 is 0. The summed E-state index contributed by atoms with van der Waals surface area (Å²) in [5.74, 6) is 1.78. The van der Waals surface area contributed by atoms with Crippen LogP contribution in [-0.2, 0) is 0 Å². The van der Waals surface area contributed by atoms with Gasteiger partial charge in [0.05, 0.1) is 23.2 Å². The van der Waals surface area contributed by atoms with Gasteiger partial charge in [-0.1, -0.05) is 13.0 Å². The number of aryl methyl sites for hydroxylation is 1. The third kappa shape index (κ3) is 3.22. The average molecular weight is 402 g/mol. The van der Waals surface area contributed by atoms with E-state index < -0.39 is 0 Å². The number of fused-ring (bicyclic) bond motifs is 1. The van der Waals surface area contributed by atoms with Gasteiger partial charge >= 0.3 is 0 Å². The highest BCUT2D eigenvalue weighted by Gasteiger charge is 2.31. The first-order valence-corrected chi connectivity index (χ1v) is 10.6. The van der Waals surface area contributed by atoms with E-state index in [1.807, 2.05) is 42.2 Å². The van der Waals surface area contributed by atoms with Crippen molar-refractivity contribution in [1.82, 2.24) is 9.97 Å². The molecule has 0 unspecified atom stereocenters. The number of aromatic amines is 1. The van der Waals surface area contributed by atoms with Crippen molar-refractivity contribution in [3.63, 3.8) is 0 Å². The predicted molar refractivity (Wildman–Crippen MR) is 123 cm³/mol. The minimum atomic E-state index is 0.171. The molecular formula is C24H27N5O. The van der Waals surface area contributed by atoms with E-state index in [4.69, 9.17) is 5.41 Å². The lowest BCUT2D eigenvalue weighted by molar-refractivity contribution is 0.411. The molecule has 3 aromatic rings. The summed E-state index contributed by atoms with van der Waals surface area (Å²) in [6.45, 7) is 6.82. The molecular weight excluding hydrogens is 374 g/mol. The number of aliphatic hydroxyl groups is 1. The molecule has 2 aliphatic heterocycles. The van der Waals surface area contributed by atoms with Crippen molar-refractivity contribution in [2.75, 3.05) is 29.4 Å². The van der Waals surface area contributed by atoms with Crippen LogP contribution in [0.2, 0.25) is 0 Å². The number of benzene rings is 2. The molecule has 0 bridgehead atoms. The minimum absolute atomic E-state index is 0.171. The van der Waals surface area contributed by atoms with Gasteiger partial charge in [-0.25, -0.2) is 4.98 Å². The van der Waals surface area contributed by atoms with Crippen molar-refractivity contribution in [2.45, 2.75) is 26.7 Å². The summed E-state index contributed by atoms with van der Waals surface area (Å²) in [5, 5.41) is 19.3. The average Bonchev–Trinajstić information content (AvgIpc) is 3.28. The number of imidazole rings is 1. The maximum absolute atomic E-state index is 10.6. The van der Waals surface area contributed by atoms with Crippen LogP contribution in [0.15, 0.2) is 48.2 Å². The summed E-state index contributed by atoms with van der Waals surface area (Å²) in [7, 11) is 0. The fourth-order valence-corrected chi connectivity index (χ4v) is 4.40. The number of amidine groups is 1. The van der Waals surface area contributed by atoms with Crippen LogP contribution in [0.4, 0.5) is 11.4 Å². The van der Waals surface area contributed by atoms with Crippen molar-refractivity contribution >= 4 is 33.8 Å². The first kappa shape index (κ1) is 18.7. The zero-order valence-corrected chi connectivity index (χ0v) is 17.4. The topological polar surface area (TPSA) is 79.2 Å². The Morgan fingerprint density at radius 1 is 1.07 bits per heavy atom. The molecule has 0 radical (unpaired) electrons. The van der Waals surface area contributed by atoms with Crippen molar-refractivity contribution in [3.8, 4) is 0 Å². The molecule has 6 heteroatoms. The summed E-state index contributed by atoms with van der Waals surface area (Å²) in [4.78, 5) is 12.1. The summed E-state index contributed by atoms with van der Waals surface area (Å²) in [6.07, 6.45) is 2.47. The molecule has 6 nitrogen and oxygen atoms in total. The van der Waals surface area contributed by atoms with Crippen LogP contribution < -0.4 is 9.80 Å². The molecule has 0 saturated carbocycles. The number of H-pyrrole nitrogens is 1. The fraction of sp³-hybridized carbons (Fsp3) is 0.333. The Morgan fingerprint density at radius 3 is 2.50 bits per heavy atom. The lowest BCUT2D eigenvalue weighted by atomic mass is 9.99. The van der Waals surface area contributed by atoms with E-state index in [1.54, 1.807) is 0 Å². The Bertz CT molecular complexity index is 1140. The van der Waals surface area contributed by atoms with E-state index in [9.17, 15) is 5.11 Å². The second-order valence-electron chi connectivity index (χ2n) is 8.55. The van der Waals surface area contributed by atoms with E-state index >= 15 is 0 Å². The first-order valence-electron chi connectivity index (χ1n) is 10.6. The Morgan fingerprint density at radius 2 is 1.77 bits per heavy atom. The van der Waals surface area contributed by atoms with Gasteiger partial charge in [0.15, 0.2) is 0 Å². The van der Waals surface area contributed by atoms with E-state index in [0.717, 1.165) is 41.3 Å². The summed E-state index contributed by atoms with van der Waals surface area (Å²) >= 11 is 0. The van der Waals surface area contributed by atoms with Gasteiger partial charge in [0, 0.05) is 24.5 Å². The number of anilines is 2. The van der Waals surface area contributed by atoms with E-state index in [2.05, 4.69) is 33.9 Å². The van der Waals surface area contributed by atoms with E-state index in [-0.39, 0.29) is 18.1 Å². The third-order valence-corrected chi connectivity index (χ3v) is 6.29. The Labute approximate surface area is 176 Å². The smallest absolute Gasteiger partial charge is 0.145 e. The summed E-state index contributed by atoms with van der Waals surface area (Å²) in [5.41, 5.74) is 5.49. The highest BCUT2D eigenvalue weighted by Crippen LogP contribution is 2.32. The zero-order valence-electron chi connectivity index (χ0n) is 17.4. The van der Waals surface area contributed by atoms with Gasteiger partial charge in [0.1, 0.15) is 17.4 Å². The molecule has 30 heavy (non-hydrogen) atoms. The van der Waals surface area contributed by atoms with Crippen LogP contribution in [-0.4, -0.2) is 40.5 Å². The van der Waals surface area contributed by atoms with Gasteiger partial charge in [0.25, 0.3) is 0 Å². The monoisotopic (exact) mass is 401 g/mol. The Balaban J connectivity index is 1.37. The van der Waals surface area contributed by atoms with Gasteiger partial charge in [0.2, 0.25) is 0 Å². The van der Waals surface area contributed by atoms with Gasteiger partial charge in [-0.15, -0.1) is 0 Å². The quantitative estimate of drug-likeness (QED) is 0.585. The number of aromatic nitrogens is 2. The zero-order chi connectivity index (χ0) is 20.8. The fourth-order valence-electron chi connectivity index (χ4n) is 4.40. The largest absolute Gasteiger partial charge is 0.509 e. The van der Waals surface area contributed by atoms with Crippen molar-refractivity contribution in [1.29, 1.82) is 5.41 Å². The maximum atomic E-state index is 10.6. The number of nitrogens with one attached hydrogen (secondary N) is 2. The maximum Gasteiger partial charge on any atom is 0.145 e. The molecule has 3 N–H and O–H groups in total. The van der Waals surface area contributed by atoms with Gasteiger partial charge in [-0.3, -0.25) is 5.41 Å². The van der Waals surface area contributed by atoms with Crippen molar-refractivity contribution in [2.24, 2.45) is 5.92 Å². The van der Waals surface area contributed by atoms with Crippen LogP contribution in [0.1, 0.15) is 31.2 Å². The van der Waals surface area contributed by atoms with Crippen LogP contribution in [0.3, 0.4) is 0 Å². The lowest BCUT2D eigenvalue weighted by Gasteiger charge is -2.32. The molecule has 0 amide bonds. The molecule has 1 saturated heterocycles. The van der Waals surface area contributed by atoms with Crippen molar-refractivity contribution < 1.29 is 5.11 Å². The molecule has 0 atom stereocenters. The van der Waals surface area contributed by atoms with Gasteiger partial charge in [-0.05, 0) is 67.6 Å². The molecule has 3 heterocycles. The normalized spacial score (nSPS) is 18.1. The van der Waals surface area contributed by atoms with Gasteiger partial charge < -0.3 is 19.9 Å². The second kappa shape index (κ2) is 7.20. The number of hydrogen-bond acceptors (Lipinski definition) is 4. The molecule has 0 aliphatic carbocycles. The highest BCUT2D eigenvalue weighted by molar-refractivity contribution is 6.30. The lowest BCUT2D eigenvalue weighted by Crippen LogP contribution is -2.32. The van der Waals surface area contributed by atoms with Gasteiger partial charge in [-0.2, -0.15) is 0 Å². The molecule has 1 fully saturated rings. The Hall–Kier alpha value is -3.28. The number of rotatable bonds is 3. The molecule has 2 aromatic carbocycles. The SMILES string of the molecule is Cc1ccc2nc(C3=C(O)CN(c4ccc(N5CCC(C)CC5)cc4)C3=N)[nH]c2c1. The van der Waals surface area contributed by atoms with Crippen LogP contribution >= 0.6 is 0 Å². The van der Waals surface area contributed by atoms with Crippen molar-refractivity contribution in [3.05, 3.63) is 59.6 Å². The number of piperidine rings is 1. The molecule has 0 spiro atoms. The first-order chi connectivity index (χ1) is 14.5. The molecule has 154 valence electrons. The highest BCUT2D eigenvalue weighted by atomic mass is 16.3. The number of hydrogen-bond donors (Lipinski definition) is 3. The van der Waals surface area contributed by atoms with Crippen LogP contribution in [0.25, 0.3) is 16.6 Å². The van der Waals surface area contributed by atoms with E-state index in [1.165, 1.54) is 18.5 Å². The Kier molecular flexibility index (Phi) is 4.50. The van der Waals surface area contributed by atoms with E-state index in [0.29, 0.717) is 11.4 Å². The molecule has 2 aliphatic rings. The standard InChI is InChI=1S/C24H27N5O/c1-15-9-11-28(12-10-15)17-4-6-18(7-5-17)29-14-21(30)22(23(29)25)24-26-19-8-3-16(2)13-20(19)27-24/h3-8,13,15,25,30H,9-12,14H2,1-2H3,(H,26,27). The van der Waals surface area contributed by atoms with Crippen LogP contribution in [0.5, 0.6) is 0 Å². The predicted octanol–water partition coefficient (Wildman–Crippen LogP) is 4.87. The molecule has 1 aromatic heterocycles.